The average Bonchev–Trinajstić information content (AvgIpc) is 3.55. The van der Waals surface area contributed by atoms with Crippen LogP contribution >= 0.6 is 0 Å². The summed E-state index contributed by atoms with van der Waals surface area (Å²) in [5.41, 5.74) is 1.52. The van der Waals surface area contributed by atoms with E-state index in [2.05, 4.69) is 4.90 Å². The molecule has 4 N–H and O–H groups in total. The quantitative estimate of drug-likeness (QED) is 0.182. The molecule has 0 saturated carbocycles. The van der Waals surface area contributed by atoms with Crippen LogP contribution in [0.15, 0.2) is 51.2 Å². The number of phenolic OH excluding ortho intramolecular Hbond substituents is 1. The predicted molar refractivity (Wildman–Crippen MR) is 168 cm³/mol. The van der Waals surface area contributed by atoms with Crippen LogP contribution in [0.4, 0.5) is 0 Å². The number of hydrogen-bond donors (Lipinski definition) is 4. The van der Waals surface area contributed by atoms with Crippen molar-refractivity contribution >= 4 is 11.0 Å². The number of phenols is 1. The van der Waals surface area contributed by atoms with Crippen molar-refractivity contribution in [3.63, 3.8) is 0 Å². The lowest BCUT2D eigenvalue weighted by molar-refractivity contribution is -0.268. The van der Waals surface area contributed by atoms with Crippen LogP contribution in [0.1, 0.15) is 45.6 Å². The van der Waals surface area contributed by atoms with Crippen molar-refractivity contribution in [2.45, 2.75) is 77.2 Å². The van der Waals surface area contributed by atoms with Crippen molar-refractivity contribution in [2.75, 3.05) is 33.4 Å². The molecular formula is C34H43NO10. The zero-order chi connectivity index (χ0) is 32.2. The van der Waals surface area contributed by atoms with E-state index in [1.165, 1.54) is 32.9 Å². The standard InChI is InChI=1S/C34H43NO10/c1-19(2)8-13-23-25(42-17-7-16-35-14-5-6-15-35)18-24(36)26-28(38)33(45-34-30(40)29(39)27(37)20(3)43-34)31(44-32(23)26)21-9-11-22(41-4)12-10-21/h8-12,18,20,27,29-30,34,36-37,39-40H,5-7,13-17H2,1-4H3/t20-,27-,29+,30+,34-/m0/s1. The summed E-state index contributed by atoms with van der Waals surface area (Å²) in [6.45, 7) is 8.96. The van der Waals surface area contributed by atoms with Crippen LogP contribution in [0.3, 0.4) is 0 Å². The normalized spacial score (nSPS) is 23.7. The molecule has 11 nitrogen and oxygen atoms in total. The molecule has 2 aromatic carbocycles. The van der Waals surface area contributed by atoms with E-state index in [-0.39, 0.29) is 28.2 Å². The van der Waals surface area contributed by atoms with Crippen LogP contribution in [0, 0.1) is 0 Å². The molecule has 2 aliphatic rings. The minimum Gasteiger partial charge on any atom is -0.507 e. The molecule has 5 atom stereocenters. The molecule has 3 heterocycles. The highest BCUT2D eigenvalue weighted by atomic mass is 16.7. The summed E-state index contributed by atoms with van der Waals surface area (Å²) in [7, 11) is 1.54. The summed E-state index contributed by atoms with van der Waals surface area (Å²) in [6.07, 6.45) is -1.44. The fourth-order valence-electron chi connectivity index (χ4n) is 5.73. The predicted octanol–water partition coefficient (Wildman–Crippen LogP) is 3.75. The Labute approximate surface area is 262 Å². The maximum Gasteiger partial charge on any atom is 0.239 e. The van der Waals surface area contributed by atoms with Crippen molar-refractivity contribution in [2.24, 2.45) is 0 Å². The molecular weight excluding hydrogens is 582 g/mol. The number of hydrogen-bond acceptors (Lipinski definition) is 11. The largest absolute Gasteiger partial charge is 0.507 e. The van der Waals surface area contributed by atoms with Crippen molar-refractivity contribution in [3.05, 3.63) is 57.8 Å². The highest BCUT2D eigenvalue weighted by molar-refractivity contribution is 5.91. The van der Waals surface area contributed by atoms with E-state index in [1.54, 1.807) is 24.3 Å². The van der Waals surface area contributed by atoms with Gasteiger partial charge in [-0.1, -0.05) is 11.6 Å². The fraction of sp³-hybridized carbons (Fsp3) is 0.500. The first-order chi connectivity index (χ1) is 21.6. The summed E-state index contributed by atoms with van der Waals surface area (Å²) >= 11 is 0. The Bertz CT molecular complexity index is 1560. The third-order valence-corrected chi connectivity index (χ3v) is 8.35. The van der Waals surface area contributed by atoms with Gasteiger partial charge in [0.15, 0.2) is 5.76 Å². The van der Waals surface area contributed by atoms with Crippen LogP contribution in [-0.4, -0.2) is 89.4 Å². The Morgan fingerprint density at radius 2 is 1.78 bits per heavy atom. The Morgan fingerprint density at radius 3 is 2.44 bits per heavy atom. The van der Waals surface area contributed by atoms with Gasteiger partial charge in [-0.2, -0.15) is 0 Å². The molecule has 3 aromatic rings. The molecule has 244 valence electrons. The molecule has 45 heavy (non-hydrogen) atoms. The molecule has 2 aliphatic heterocycles. The lowest BCUT2D eigenvalue weighted by Crippen LogP contribution is -2.58. The Balaban J connectivity index is 1.62. The molecule has 0 unspecified atom stereocenters. The zero-order valence-electron chi connectivity index (χ0n) is 26.2. The van der Waals surface area contributed by atoms with E-state index >= 15 is 0 Å². The van der Waals surface area contributed by atoms with Gasteiger partial charge in [-0.05, 0) is 83.8 Å². The fourth-order valence-corrected chi connectivity index (χ4v) is 5.73. The second kappa shape index (κ2) is 14.2. The third-order valence-electron chi connectivity index (χ3n) is 8.35. The van der Waals surface area contributed by atoms with Crippen molar-refractivity contribution in [3.8, 4) is 34.3 Å². The zero-order valence-corrected chi connectivity index (χ0v) is 26.2. The maximum absolute atomic E-state index is 14.2. The van der Waals surface area contributed by atoms with Gasteiger partial charge in [-0.25, -0.2) is 0 Å². The number of methoxy groups -OCH3 is 1. The van der Waals surface area contributed by atoms with Gasteiger partial charge >= 0.3 is 0 Å². The number of likely N-dealkylation sites (tertiary alicyclic amines) is 1. The summed E-state index contributed by atoms with van der Waals surface area (Å²) in [6, 6.07) is 8.18. The van der Waals surface area contributed by atoms with Gasteiger partial charge in [0, 0.05) is 23.7 Å². The number of aromatic hydroxyl groups is 1. The Morgan fingerprint density at radius 1 is 1.07 bits per heavy atom. The van der Waals surface area contributed by atoms with Gasteiger partial charge in [-0.3, -0.25) is 4.79 Å². The number of aliphatic hydroxyl groups is 3. The lowest BCUT2D eigenvalue weighted by atomic mass is 10.00. The first-order valence-corrected chi connectivity index (χ1v) is 15.4. The molecule has 0 spiro atoms. The van der Waals surface area contributed by atoms with Crippen molar-refractivity contribution < 1.29 is 43.8 Å². The number of nitrogens with zero attached hydrogens (tertiary/aromatic N) is 1. The van der Waals surface area contributed by atoms with Gasteiger partial charge in [-0.15, -0.1) is 0 Å². The highest BCUT2D eigenvalue weighted by Gasteiger charge is 2.44. The summed E-state index contributed by atoms with van der Waals surface area (Å²) in [5.74, 6) is 0.314. The van der Waals surface area contributed by atoms with E-state index in [9.17, 15) is 25.2 Å². The number of fused-ring (bicyclic) bond motifs is 1. The van der Waals surface area contributed by atoms with Crippen molar-refractivity contribution in [1.29, 1.82) is 0 Å². The minimum atomic E-state index is -1.67. The highest BCUT2D eigenvalue weighted by Crippen LogP contribution is 2.41. The third kappa shape index (κ3) is 7.13. The van der Waals surface area contributed by atoms with Crippen molar-refractivity contribution in [1.82, 2.24) is 4.90 Å². The molecule has 11 heteroatoms. The molecule has 0 bridgehead atoms. The van der Waals surface area contributed by atoms with Gasteiger partial charge in [0.1, 0.15) is 46.5 Å². The molecule has 2 saturated heterocycles. The SMILES string of the molecule is COc1ccc(-c2oc3c(CC=C(C)C)c(OCCCN4CCCC4)cc(O)c3c(=O)c2O[C@@H]2O[C@@H](C)[C@H](O)[C@@H](O)[C@H]2O)cc1. The summed E-state index contributed by atoms with van der Waals surface area (Å²) in [4.78, 5) is 16.6. The summed E-state index contributed by atoms with van der Waals surface area (Å²) < 4.78 is 29.5. The average molecular weight is 626 g/mol. The molecule has 1 aromatic heterocycles. The van der Waals surface area contributed by atoms with E-state index in [0.29, 0.717) is 35.7 Å². The monoisotopic (exact) mass is 625 g/mol. The molecule has 5 rings (SSSR count). The number of aliphatic hydroxyl groups excluding tert-OH is 3. The number of allylic oxidation sites excluding steroid dienone is 2. The van der Waals surface area contributed by atoms with Crippen LogP contribution < -0.4 is 19.6 Å². The molecule has 0 aliphatic carbocycles. The van der Waals surface area contributed by atoms with E-state index in [1.807, 2.05) is 19.9 Å². The Hall–Kier alpha value is -3.61. The lowest BCUT2D eigenvalue weighted by Gasteiger charge is -2.38. The second-order valence-electron chi connectivity index (χ2n) is 11.9. The van der Waals surface area contributed by atoms with Gasteiger partial charge in [0.05, 0.1) is 19.8 Å². The maximum atomic E-state index is 14.2. The first-order valence-electron chi connectivity index (χ1n) is 15.4. The van der Waals surface area contributed by atoms with Gasteiger partial charge in [0.25, 0.3) is 0 Å². The van der Waals surface area contributed by atoms with Crippen LogP contribution in [0.2, 0.25) is 0 Å². The number of ether oxygens (including phenoxy) is 4. The van der Waals surface area contributed by atoms with E-state index in [4.69, 9.17) is 23.4 Å². The van der Waals surface area contributed by atoms with Gasteiger partial charge in [0.2, 0.25) is 17.5 Å². The molecule has 2 fully saturated rings. The Kier molecular flexibility index (Phi) is 10.4. The topological polar surface area (TPSA) is 151 Å². The second-order valence-corrected chi connectivity index (χ2v) is 11.9. The summed E-state index contributed by atoms with van der Waals surface area (Å²) in [5, 5.41) is 42.3. The minimum absolute atomic E-state index is 0.0169. The van der Waals surface area contributed by atoms with E-state index < -0.39 is 36.1 Å². The molecule has 0 amide bonds. The smallest absolute Gasteiger partial charge is 0.239 e. The number of benzene rings is 2. The van der Waals surface area contributed by atoms with Crippen LogP contribution in [0.5, 0.6) is 23.0 Å². The van der Waals surface area contributed by atoms with Gasteiger partial charge < -0.3 is 48.7 Å². The number of rotatable bonds is 11. The van der Waals surface area contributed by atoms with Crippen LogP contribution in [0.25, 0.3) is 22.3 Å². The molecule has 0 radical (unpaired) electrons. The first kappa shape index (κ1) is 32.8. The van der Waals surface area contributed by atoms with Crippen LogP contribution in [-0.2, 0) is 11.2 Å². The van der Waals surface area contributed by atoms with E-state index in [0.717, 1.165) is 31.6 Å².